The quantitative estimate of drug-likeness (QED) is 0.403. The Balaban J connectivity index is 2.05. The number of carbonyl (C=O) groups is 3. The molecule has 7 nitrogen and oxygen atoms in total. The monoisotopic (exact) mass is 414 g/mol. The summed E-state index contributed by atoms with van der Waals surface area (Å²) in [6, 6.07) is 6.07. The van der Waals surface area contributed by atoms with E-state index in [0.29, 0.717) is 34.2 Å². The predicted octanol–water partition coefficient (Wildman–Crippen LogP) is 3.38. The number of nitrogens with zero attached hydrogens (tertiary/aromatic N) is 2. The van der Waals surface area contributed by atoms with Crippen molar-refractivity contribution >= 4 is 34.8 Å². The van der Waals surface area contributed by atoms with Gasteiger partial charge in [-0.1, -0.05) is 43.5 Å². The maximum atomic E-state index is 13.0. The molecule has 2 unspecified atom stereocenters. The lowest BCUT2D eigenvalue weighted by atomic mass is 9.94. The minimum atomic E-state index is -0.664. The number of amides is 1. The van der Waals surface area contributed by atoms with Crippen LogP contribution in [0.4, 0.5) is 0 Å². The van der Waals surface area contributed by atoms with Crippen molar-refractivity contribution in [1.29, 1.82) is 0 Å². The number of rotatable bonds is 6. The van der Waals surface area contributed by atoms with Gasteiger partial charge in [-0.25, -0.2) is 9.79 Å². The van der Waals surface area contributed by atoms with E-state index in [1.807, 2.05) is 6.92 Å². The van der Waals surface area contributed by atoms with Crippen molar-refractivity contribution in [2.45, 2.75) is 38.5 Å². The second kappa shape index (κ2) is 8.65. The Kier molecular flexibility index (Phi) is 6.22. The standard InChI is InChI=1S/C21H22N2O5S/c1-5-11-27-20(26)17-12(3)22-21-23(19(25)16(6-2)29-21)18(17)14-7-9-15(10-8-14)28-13(4)24/h5,7-10,16,18H,1,6,11H2,2-4H3. The average molecular weight is 414 g/mol. The van der Waals surface area contributed by atoms with Crippen LogP contribution in [0.2, 0.25) is 0 Å². The van der Waals surface area contributed by atoms with E-state index < -0.39 is 18.0 Å². The summed E-state index contributed by atoms with van der Waals surface area (Å²) in [6.07, 6.45) is 2.14. The number of benzene rings is 1. The van der Waals surface area contributed by atoms with E-state index >= 15 is 0 Å². The Morgan fingerprint density at radius 1 is 1.31 bits per heavy atom. The van der Waals surface area contributed by atoms with Gasteiger partial charge in [0.2, 0.25) is 5.91 Å². The van der Waals surface area contributed by atoms with E-state index in [9.17, 15) is 14.4 Å². The van der Waals surface area contributed by atoms with E-state index in [2.05, 4.69) is 11.6 Å². The zero-order valence-corrected chi connectivity index (χ0v) is 17.3. The topological polar surface area (TPSA) is 85.3 Å². The fraction of sp³-hybridized carbons (Fsp3) is 0.333. The first-order chi connectivity index (χ1) is 13.9. The van der Waals surface area contributed by atoms with E-state index in [1.54, 1.807) is 36.1 Å². The Bertz CT molecular complexity index is 920. The molecule has 0 spiro atoms. The van der Waals surface area contributed by atoms with Gasteiger partial charge in [-0.15, -0.1) is 0 Å². The number of carbonyl (C=O) groups excluding carboxylic acids is 3. The van der Waals surface area contributed by atoms with Gasteiger partial charge in [0.1, 0.15) is 12.4 Å². The molecule has 2 aliphatic heterocycles. The lowest BCUT2D eigenvalue weighted by Crippen LogP contribution is -2.40. The van der Waals surface area contributed by atoms with Crippen LogP contribution < -0.4 is 4.74 Å². The van der Waals surface area contributed by atoms with Crippen molar-refractivity contribution in [2.75, 3.05) is 6.61 Å². The lowest BCUT2D eigenvalue weighted by Gasteiger charge is -2.33. The highest BCUT2D eigenvalue weighted by molar-refractivity contribution is 8.15. The van der Waals surface area contributed by atoms with Gasteiger partial charge in [0.15, 0.2) is 5.17 Å². The molecule has 0 saturated carbocycles. The zero-order valence-electron chi connectivity index (χ0n) is 16.5. The molecule has 0 aliphatic carbocycles. The fourth-order valence-electron chi connectivity index (χ4n) is 3.26. The average Bonchev–Trinajstić information content (AvgIpc) is 3.00. The van der Waals surface area contributed by atoms with Crippen LogP contribution in [0.15, 0.2) is 53.2 Å². The third kappa shape index (κ3) is 4.12. The van der Waals surface area contributed by atoms with E-state index in [4.69, 9.17) is 9.47 Å². The number of allylic oxidation sites excluding steroid dienone is 1. The molecule has 1 saturated heterocycles. The Hall–Kier alpha value is -2.87. The first-order valence-electron chi connectivity index (χ1n) is 9.23. The van der Waals surface area contributed by atoms with Crippen molar-refractivity contribution in [3.63, 3.8) is 0 Å². The number of ether oxygens (including phenoxy) is 2. The lowest BCUT2D eigenvalue weighted by molar-refractivity contribution is -0.139. The molecule has 0 N–H and O–H groups in total. The highest BCUT2D eigenvalue weighted by atomic mass is 32.2. The maximum Gasteiger partial charge on any atom is 0.338 e. The molecule has 0 radical (unpaired) electrons. The van der Waals surface area contributed by atoms with E-state index in [-0.39, 0.29) is 17.8 Å². The second-order valence-corrected chi connectivity index (χ2v) is 7.74. The molecule has 1 aromatic carbocycles. The normalized spacial score (nSPS) is 20.9. The molecule has 29 heavy (non-hydrogen) atoms. The van der Waals surface area contributed by atoms with Crippen molar-refractivity contribution in [1.82, 2.24) is 4.90 Å². The summed E-state index contributed by atoms with van der Waals surface area (Å²) in [5, 5.41) is 0.335. The van der Waals surface area contributed by atoms with Gasteiger partial charge in [-0.2, -0.15) is 0 Å². The number of amidine groups is 1. The van der Waals surface area contributed by atoms with Crippen LogP contribution >= 0.6 is 11.8 Å². The van der Waals surface area contributed by atoms with Crippen LogP contribution in [0.5, 0.6) is 5.75 Å². The van der Waals surface area contributed by atoms with E-state index in [1.165, 1.54) is 24.8 Å². The minimum Gasteiger partial charge on any atom is -0.458 e. The highest BCUT2D eigenvalue weighted by Gasteiger charge is 2.47. The molecule has 0 aromatic heterocycles. The van der Waals surface area contributed by atoms with Crippen molar-refractivity contribution in [3.8, 4) is 5.75 Å². The van der Waals surface area contributed by atoms with Crippen molar-refractivity contribution in [2.24, 2.45) is 4.99 Å². The van der Waals surface area contributed by atoms with Crippen molar-refractivity contribution in [3.05, 3.63) is 53.8 Å². The van der Waals surface area contributed by atoms with Crippen LogP contribution in [0.25, 0.3) is 0 Å². The van der Waals surface area contributed by atoms with Crippen LogP contribution in [-0.4, -0.2) is 39.8 Å². The predicted molar refractivity (Wildman–Crippen MR) is 110 cm³/mol. The minimum absolute atomic E-state index is 0.0601. The van der Waals surface area contributed by atoms with Crippen LogP contribution in [0.3, 0.4) is 0 Å². The number of fused-ring (bicyclic) bond motifs is 1. The van der Waals surface area contributed by atoms with Gasteiger partial charge in [0.25, 0.3) is 0 Å². The maximum absolute atomic E-state index is 13.0. The van der Waals surface area contributed by atoms with Gasteiger partial charge in [0.05, 0.1) is 22.6 Å². The number of hydrogen-bond donors (Lipinski definition) is 0. The summed E-state index contributed by atoms with van der Waals surface area (Å²) in [6.45, 7) is 8.62. The summed E-state index contributed by atoms with van der Waals surface area (Å²) in [5.74, 6) is -0.675. The SMILES string of the molecule is C=CCOC(=O)C1=C(C)N=C2SC(CC)C(=O)N2C1c1ccc(OC(C)=O)cc1. The summed E-state index contributed by atoms with van der Waals surface area (Å²) in [5.41, 5.74) is 1.52. The molecule has 152 valence electrons. The Labute approximate surface area is 173 Å². The van der Waals surface area contributed by atoms with Crippen molar-refractivity contribution < 1.29 is 23.9 Å². The first kappa shape index (κ1) is 20.9. The van der Waals surface area contributed by atoms with Gasteiger partial charge in [-0.3, -0.25) is 14.5 Å². The fourth-order valence-corrected chi connectivity index (χ4v) is 4.40. The zero-order chi connectivity index (χ0) is 21.1. The highest BCUT2D eigenvalue weighted by Crippen LogP contribution is 2.44. The molecule has 2 atom stereocenters. The van der Waals surface area contributed by atoms with Crippen LogP contribution in [0, 0.1) is 0 Å². The number of thioether (sulfide) groups is 1. The summed E-state index contributed by atoms with van der Waals surface area (Å²) in [4.78, 5) is 43.1. The molecule has 2 aliphatic rings. The van der Waals surface area contributed by atoms with Gasteiger partial charge < -0.3 is 9.47 Å². The van der Waals surface area contributed by atoms with Crippen LogP contribution in [0.1, 0.15) is 38.8 Å². The molecule has 0 bridgehead atoms. The number of hydrogen-bond acceptors (Lipinski definition) is 7. The van der Waals surface area contributed by atoms with Gasteiger partial charge >= 0.3 is 11.9 Å². The molecule has 2 heterocycles. The summed E-state index contributed by atoms with van der Waals surface area (Å²) >= 11 is 1.40. The van der Waals surface area contributed by atoms with Gasteiger partial charge in [-0.05, 0) is 31.0 Å². The molecular weight excluding hydrogens is 392 g/mol. The molecule has 3 rings (SSSR count). The molecule has 1 fully saturated rings. The largest absolute Gasteiger partial charge is 0.458 e. The summed E-state index contributed by atoms with van der Waals surface area (Å²) in [7, 11) is 0. The third-order valence-corrected chi connectivity index (χ3v) is 5.85. The number of aliphatic imine (C=N–C) groups is 1. The first-order valence-corrected chi connectivity index (χ1v) is 10.1. The van der Waals surface area contributed by atoms with E-state index in [0.717, 1.165) is 0 Å². The molecule has 8 heteroatoms. The number of esters is 2. The summed E-state index contributed by atoms with van der Waals surface area (Å²) < 4.78 is 10.4. The third-order valence-electron chi connectivity index (χ3n) is 4.53. The molecule has 1 amide bonds. The smallest absolute Gasteiger partial charge is 0.338 e. The Morgan fingerprint density at radius 3 is 2.59 bits per heavy atom. The Morgan fingerprint density at radius 2 is 2.00 bits per heavy atom. The van der Waals surface area contributed by atoms with Crippen LogP contribution in [-0.2, 0) is 19.1 Å². The van der Waals surface area contributed by atoms with Gasteiger partial charge in [0, 0.05) is 6.92 Å². The molecular formula is C21H22N2O5S. The second-order valence-electron chi connectivity index (χ2n) is 6.57. The molecule has 1 aromatic rings.